The van der Waals surface area contributed by atoms with Crippen molar-refractivity contribution in [3.05, 3.63) is 0 Å². The molecule has 3 saturated carbocycles. The summed E-state index contributed by atoms with van der Waals surface area (Å²) in [6.07, 6.45) is 12.7. The van der Waals surface area contributed by atoms with Crippen LogP contribution in [0.25, 0.3) is 0 Å². The van der Waals surface area contributed by atoms with E-state index in [0.717, 1.165) is 12.3 Å². The molecule has 2 N–H and O–H groups in total. The topological polar surface area (TPSA) is 40.5 Å². The molecule has 3 aliphatic carbocycles. The molecule has 0 aromatic heterocycles. The largest absolute Gasteiger partial charge is 0.396 e. The van der Waals surface area contributed by atoms with Crippen molar-refractivity contribution in [2.75, 3.05) is 6.61 Å². The SMILES string of the molecule is CC[C@@H]1CCCCCC(C)[C@H]2CCC3(C)C([C@H](C)CO)CC[C@H]3[C@@H]2[C@@H]1O. The minimum absolute atomic E-state index is 0.113. The van der Waals surface area contributed by atoms with Gasteiger partial charge in [0, 0.05) is 6.61 Å². The molecular weight excluding hydrogens is 320 g/mol. The molecule has 0 spiro atoms. The summed E-state index contributed by atoms with van der Waals surface area (Å²) in [6.45, 7) is 9.82. The summed E-state index contributed by atoms with van der Waals surface area (Å²) in [4.78, 5) is 0. The van der Waals surface area contributed by atoms with Crippen LogP contribution in [0.3, 0.4) is 0 Å². The van der Waals surface area contributed by atoms with Crippen molar-refractivity contribution in [2.45, 2.75) is 98.0 Å². The van der Waals surface area contributed by atoms with Gasteiger partial charge in [-0.2, -0.15) is 0 Å². The lowest BCUT2D eigenvalue weighted by molar-refractivity contribution is -0.0989. The van der Waals surface area contributed by atoms with Crippen molar-refractivity contribution >= 4 is 0 Å². The first-order valence-corrected chi connectivity index (χ1v) is 11.7. The summed E-state index contributed by atoms with van der Waals surface area (Å²) in [6, 6.07) is 0. The van der Waals surface area contributed by atoms with Crippen LogP contribution < -0.4 is 0 Å². The van der Waals surface area contributed by atoms with Crippen LogP contribution in [0.4, 0.5) is 0 Å². The van der Waals surface area contributed by atoms with Gasteiger partial charge < -0.3 is 10.2 Å². The highest BCUT2D eigenvalue weighted by Gasteiger charge is 2.57. The molecule has 9 atom stereocenters. The van der Waals surface area contributed by atoms with Crippen LogP contribution >= 0.6 is 0 Å². The molecule has 0 heterocycles. The van der Waals surface area contributed by atoms with Crippen molar-refractivity contribution in [3.8, 4) is 0 Å². The standard InChI is InChI=1S/C24H44O2/c1-5-18-10-8-6-7-9-16(2)19-13-14-24(4)20(17(3)15-25)11-12-21(24)22(19)23(18)26/h16-23,25-26H,5-15H2,1-4H3/t16?,17-,18-,19-,20?,21+,22-,23-,24?/m1/s1. The molecule has 0 aromatic rings. The van der Waals surface area contributed by atoms with Gasteiger partial charge in [0.2, 0.25) is 0 Å². The third kappa shape index (κ3) is 3.62. The zero-order valence-electron chi connectivity index (χ0n) is 17.8. The van der Waals surface area contributed by atoms with E-state index in [9.17, 15) is 10.2 Å². The molecule has 3 aliphatic rings. The average molecular weight is 365 g/mol. The maximum Gasteiger partial charge on any atom is 0.0602 e. The maximum atomic E-state index is 11.6. The van der Waals surface area contributed by atoms with E-state index in [1.54, 1.807) is 0 Å². The maximum absolute atomic E-state index is 11.6. The van der Waals surface area contributed by atoms with E-state index in [0.29, 0.717) is 47.5 Å². The van der Waals surface area contributed by atoms with Crippen molar-refractivity contribution in [2.24, 2.45) is 46.8 Å². The van der Waals surface area contributed by atoms with E-state index in [1.165, 1.54) is 57.8 Å². The molecule has 152 valence electrons. The Morgan fingerprint density at radius 3 is 2.46 bits per heavy atom. The van der Waals surface area contributed by atoms with Gasteiger partial charge in [-0.15, -0.1) is 0 Å². The van der Waals surface area contributed by atoms with Gasteiger partial charge in [-0.25, -0.2) is 0 Å². The zero-order valence-corrected chi connectivity index (χ0v) is 17.8. The third-order valence-electron chi connectivity index (χ3n) is 9.30. The Labute approximate surface area is 162 Å². The molecule has 26 heavy (non-hydrogen) atoms. The lowest BCUT2D eigenvalue weighted by Gasteiger charge is -2.53. The third-order valence-corrected chi connectivity index (χ3v) is 9.30. The van der Waals surface area contributed by atoms with Crippen LogP contribution in [0.1, 0.15) is 91.9 Å². The summed E-state index contributed by atoms with van der Waals surface area (Å²) in [5.74, 6) is 4.13. The van der Waals surface area contributed by atoms with Crippen LogP contribution in [-0.4, -0.2) is 22.9 Å². The van der Waals surface area contributed by atoms with E-state index in [1.807, 2.05) is 0 Å². The highest BCUT2D eigenvalue weighted by atomic mass is 16.3. The second kappa shape index (κ2) is 8.52. The van der Waals surface area contributed by atoms with Gasteiger partial charge in [-0.1, -0.05) is 59.8 Å². The Bertz CT molecular complexity index is 449. The highest BCUT2D eigenvalue weighted by Crippen LogP contribution is 2.63. The number of aliphatic hydroxyl groups excluding tert-OH is 2. The van der Waals surface area contributed by atoms with Gasteiger partial charge in [0.1, 0.15) is 0 Å². The Hall–Kier alpha value is -0.0800. The molecule has 3 unspecified atom stereocenters. The van der Waals surface area contributed by atoms with Crippen LogP contribution in [0.2, 0.25) is 0 Å². The van der Waals surface area contributed by atoms with E-state index in [4.69, 9.17) is 0 Å². The first kappa shape index (κ1) is 20.6. The molecule has 0 aliphatic heterocycles. The number of aliphatic hydroxyl groups is 2. The number of hydrogen-bond acceptors (Lipinski definition) is 2. The molecule has 2 heteroatoms. The van der Waals surface area contributed by atoms with Gasteiger partial charge in [0.15, 0.2) is 0 Å². The van der Waals surface area contributed by atoms with Gasteiger partial charge in [-0.3, -0.25) is 0 Å². The Kier molecular flexibility index (Phi) is 6.76. The summed E-state index contributed by atoms with van der Waals surface area (Å²) in [7, 11) is 0. The second-order valence-corrected chi connectivity index (χ2v) is 10.5. The number of rotatable bonds is 3. The molecule has 0 aromatic carbocycles. The Morgan fingerprint density at radius 2 is 1.77 bits per heavy atom. The Morgan fingerprint density at radius 1 is 1.04 bits per heavy atom. The molecule has 2 nitrogen and oxygen atoms in total. The lowest BCUT2D eigenvalue weighted by Crippen LogP contribution is -2.50. The van der Waals surface area contributed by atoms with E-state index in [2.05, 4.69) is 27.7 Å². The summed E-state index contributed by atoms with van der Waals surface area (Å²) in [5.41, 5.74) is 0.326. The van der Waals surface area contributed by atoms with Gasteiger partial charge in [0.05, 0.1) is 6.10 Å². The molecular formula is C24H44O2. The van der Waals surface area contributed by atoms with Crippen LogP contribution in [0.15, 0.2) is 0 Å². The molecule has 3 fully saturated rings. The van der Waals surface area contributed by atoms with E-state index < -0.39 is 0 Å². The molecule has 0 amide bonds. The summed E-state index contributed by atoms with van der Waals surface area (Å²) in [5, 5.41) is 21.4. The van der Waals surface area contributed by atoms with Gasteiger partial charge in [-0.05, 0) is 78.9 Å². The predicted molar refractivity (Wildman–Crippen MR) is 109 cm³/mol. The van der Waals surface area contributed by atoms with Crippen molar-refractivity contribution in [1.82, 2.24) is 0 Å². The van der Waals surface area contributed by atoms with Crippen LogP contribution in [0, 0.1) is 46.8 Å². The normalized spacial score (nSPS) is 48.5. The van der Waals surface area contributed by atoms with Crippen molar-refractivity contribution < 1.29 is 10.2 Å². The van der Waals surface area contributed by atoms with Gasteiger partial charge in [0.25, 0.3) is 0 Å². The highest BCUT2D eigenvalue weighted by molar-refractivity contribution is 5.06. The van der Waals surface area contributed by atoms with E-state index >= 15 is 0 Å². The fourth-order valence-corrected chi connectivity index (χ4v) is 7.68. The molecule has 0 radical (unpaired) electrons. The minimum Gasteiger partial charge on any atom is -0.396 e. The number of fused-ring (bicyclic) bond motifs is 3. The fourth-order valence-electron chi connectivity index (χ4n) is 7.68. The lowest BCUT2D eigenvalue weighted by atomic mass is 9.52. The Balaban J connectivity index is 1.91. The molecule has 0 bridgehead atoms. The minimum atomic E-state index is -0.113. The smallest absolute Gasteiger partial charge is 0.0602 e. The fraction of sp³-hybridized carbons (Fsp3) is 1.00. The average Bonchev–Trinajstić information content (AvgIpc) is 2.99. The molecule has 0 saturated heterocycles. The number of hydrogen-bond donors (Lipinski definition) is 2. The molecule has 3 rings (SSSR count). The summed E-state index contributed by atoms with van der Waals surface area (Å²) >= 11 is 0. The monoisotopic (exact) mass is 364 g/mol. The zero-order chi connectivity index (χ0) is 18.9. The van der Waals surface area contributed by atoms with Crippen LogP contribution in [-0.2, 0) is 0 Å². The van der Waals surface area contributed by atoms with Crippen molar-refractivity contribution in [1.29, 1.82) is 0 Å². The first-order valence-electron chi connectivity index (χ1n) is 11.7. The summed E-state index contributed by atoms with van der Waals surface area (Å²) < 4.78 is 0. The second-order valence-electron chi connectivity index (χ2n) is 10.5. The quantitative estimate of drug-likeness (QED) is 0.678. The first-order chi connectivity index (χ1) is 12.4. The van der Waals surface area contributed by atoms with Crippen molar-refractivity contribution in [3.63, 3.8) is 0 Å². The van der Waals surface area contributed by atoms with Crippen LogP contribution in [0.5, 0.6) is 0 Å². The van der Waals surface area contributed by atoms with E-state index in [-0.39, 0.29) is 6.10 Å². The predicted octanol–water partition coefficient (Wildman–Crippen LogP) is 5.66. The van der Waals surface area contributed by atoms with Gasteiger partial charge >= 0.3 is 0 Å².